The Morgan fingerprint density at radius 3 is 2.59 bits per heavy atom. The molecule has 0 unspecified atom stereocenters. The summed E-state index contributed by atoms with van der Waals surface area (Å²) in [4.78, 5) is 16.0. The monoisotopic (exact) mass is 477 g/mol. The normalized spacial score (nSPS) is 11.9. The number of H-pyrrole nitrogens is 1. The lowest BCUT2D eigenvalue weighted by atomic mass is 10.1. The van der Waals surface area contributed by atoms with Gasteiger partial charge in [0.1, 0.15) is 0 Å². The molecule has 1 aromatic heterocycles. The Morgan fingerprint density at radius 1 is 1.14 bits per heavy atom. The average molecular weight is 478 g/mol. The van der Waals surface area contributed by atoms with Crippen molar-refractivity contribution in [3.05, 3.63) is 64.3 Å². The van der Waals surface area contributed by atoms with E-state index in [0.717, 1.165) is 16.5 Å². The van der Waals surface area contributed by atoms with E-state index in [2.05, 4.69) is 26.2 Å². The standard InChI is InChI=1S/C21H24BrN3O3S/c1-3-25(4-2)29(27,28)16-9-10-19(22)18(13-16)21(26)23-12-11-15-14-24-20-8-6-5-7-17(15)20/h5-10,13-14,24H,3-4,11-12H2,1-2H3,(H,23,26). The van der Waals surface area contributed by atoms with Crippen molar-refractivity contribution in [3.8, 4) is 0 Å². The molecule has 3 rings (SSSR count). The molecule has 0 saturated carbocycles. The molecule has 29 heavy (non-hydrogen) atoms. The van der Waals surface area contributed by atoms with Crippen molar-refractivity contribution in [2.24, 2.45) is 0 Å². The van der Waals surface area contributed by atoms with Crippen molar-refractivity contribution in [1.82, 2.24) is 14.6 Å². The van der Waals surface area contributed by atoms with Gasteiger partial charge in [-0.2, -0.15) is 4.31 Å². The van der Waals surface area contributed by atoms with Crippen molar-refractivity contribution < 1.29 is 13.2 Å². The number of amides is 1. The van der Waals surface area contributed by atoms with Crippen LogP contribution in [0.15, 0.2) is 58.0 Å². The van der Waals surface area contributed by atoms with Gasteiger partial charge in [-0.15, -0.1) is 0 Å². The number of hydrogen-bond donors (Lipinski definition) is 2. The number of halogens is 1. The third kappa shape index (κ3) is 4.55. The molecule has 3 aromatic rings. The van der Waals surface area contributed by atoms with Gasteiger partial charge in [-0.1, -0.05) is 32.0 Å². The molecule has 6 nitrogen and oxygen atoms in total. The Bertz CT molecular complexity index is 1120. The topological polar surface area (TPSA) is 82.3 Å². The van der Waals surface area contributed by atoms with Crippen LogP contribution in [0, 0.1) is 0 Å². The third-order valence-electron chi connectivity index (χ3n) is 4.88. The van der Waals surface area contributed by atoms with Crippen LogP contribution in [-0.4, -0.2) is 43.2 Å². The first kappa shape index (κ1) is 21.5. The van der Waals surface area contributed by atoms with Crippen LogP contribution in [-0.2, 0) is 16.4 Å². The Labute approximate surface area is 179 Å². The van der Waals surface area contributed by atoms with Gasteiger partial charge in [-0.05, 0) is 52.2 Å². The SMILES string of the molecule is CCN(CC)S(=O)(=O)c1ccc(Br)c(C(=O)NCCc2c[nH]c3ccccc23)c1. The van der Waals surface area contributed by atoms with Crippen LogP contribution in [0.1, 0.15) is 29.8 Å². The molecule has 0 aliphatic rings. The molecule has 0 radical (unpaired) electrons. The fourth-order valence-electron chi connectivity index (χ4n) is 3.30. The van der Waals surface area contributed by atoms with Gasteiger partial charge in [0.05, 0.1) is 10.5 Å². The van der Waals surface area contributed by atoms with Crippen LogP contribution in [0.5, 0.6) is 0 Å². The highest BCUT2D eigenvalue weighted by Gasteiger charge is 2.23. The molecule has 0 saturated heterocycles. The molecule has 1 heterocycles. The largest absolute Gasteiger partial charge is 0.361 e. The van der Waals surface area contributed by atoms with Crippen LogP contribution in [0.2, 0.25) is 0 Å². The summed E-state index contributed by atoms with van der Waals surface area (Å²) in [5, 5.41) is 4.02. The summed E-state index contributed by atoms with van der Waals surface area (Å²) >= 11 is 3.36. The Balaban J connectivity index is 1.73. The second-order valence-corrected chi connectivity index (χ2v) is 9.39. The second kappa shape index (κ2) is 9.11. The maximum atomic E-state index is 12.7. The predicted octanol–water partition coefficient (Wildman–Crippen LogP) is 3.93. The number of sulfonamides is 1. The molecule has 0 aliphatic heterocycles. The zero-order valence-corrected chi connectivity index (χ0v) is 18.8. The number of nitrogens with one attached hydrogen (secondary N) is 2. The van der Waals surface area contributed by atoms with E-state index in [0.29, 0.717) is 36.1 Å². The smallest absolute Gasteiger partial charge is 0.252 e. The fourth-order valence-corrected chi connectivity index (χ4v) is 5.21. The predicted molar refractivity (Wildman–Crippen MR) is 119 cm³/mol. The van der Waals surface area contributed by atoms with Gasteiger partial charge in [-0.3, -0.25) is 4.79 Å². The molecule has 0 aliphatic carbocycles. The second-order valence-electron chi connectivity index (χ2n) is 6.60. The van der Waals surface area contributed by atoms with Crippen molar-refractivity contribution in [1.29, 1.82) is 0 Å². The summed E-state index contributed by atoms with van der Waals surface area (Å²) in [7, 11) is -3.63. The minimum absolute atomic E-state index is 0.117. The van der Waals surface area contributed by atoms with Gasteiger partial charge in [-0.25, -0.2) is 8.42 Å². The van der Waals surface area contributed by atoms with E-state index in [1.165, 1.54) is 16.4 Å². The zero-order chi connectivity index (χ0) is 21.0. The number of para-hydroxylation sites is 1. The summed E-state index contributed by atoms with van der Waals surface area (Å²) < 4.78 is 27.4. The van der Waals surface area contributed by atoms with E-state index in [4.69, 9.17) is 0 Å². The maximum absolute atomic E-state index is 12.7. The molecule has 0 bridgehead atoms. The minimum Gasteiger partial charge on any atom is -0.361 e. The Hall–Kier alpha value is -2.16. The summed E-state index contributed by atoms with van der Waals surface area (Å²) in [6, 6.07) is 12.6. The molecular formula is C21H24BrN3O3S. The number of carbonyl (C=O) groups is 1. The lowest BCUT2D eigenvalue weighted by molar-refractivity contribution is 0.0953. The van der Waals surface area contributed by atoms with E-state index in [-0.39, 0.29) is 10.8 Å². The first-order valence-corrected chi connectivity index (χ1v) is 11.7. The van der Waals surface area contributed by atoms with Crippen molar-refractivity contribution >= 4 is 42.8 Å². The molecule has 2 aromatic carbocycles. The van der Waals surface area contributed by atoms with Crippen molar-refractivity contribution in [2.75, 3.05) is 19.6 Å². The van der Waals surface area contributed by atoms with Gasteiger partial charge < -0.3 is 10.3 Å². The van der Waals surface area contributed by atoms with Gasteiger partial charge in [0.25, 0.3) is 5.91 Å². The van der Waals surface area contributed by atoms with Crippen LogP contribution >= 0.6 is 15.9 Å². The maximum Gasteiger partial charge on any atom is 0.252 e. The van der Waals surface area contributed by atoms with Gasteiger partial charge in [0.15, 0.2) is 0 Å². The molecule has 0 atom stereocenters. The quantitative estimate of drug-likeness (QED) is 0.515. The number of aromatic amines is 1. The minimum atomic E-state index is -3.63. The molecule has 0 spiro atoms. The summed E-state index contributed by atoms with van der Waals surface area (Å²) in [5.41, 5.74) is 2.49. The van der Waals surface area contributed by atoms with E-state index in [1.807, 2.05) is 30.5 Å². The Morgan fingerprint density at radius 2 is 1.86 bits per heavy atom. The van der Waals surface area contributed by atoms with Gasteiger partial charge in [0.2, 0.25) is 10.0 Å². The van der Waals surface area contributed by atoms with Gasteiger partial charge in [0, 0.05) is 41.2 Å². The first-order chi connectivity index (χ1) is 13.9. The Kier molecular flexibility index (Phi) is 6.77. The zero-order valence-electron chi connectivity index (χ0n) is 16.4. The van der Waals surface area contributed by atoms with Crippen LogP contribution in [0.25, 0.3) is 10.9 Å². The van der Waals surface area contributed by atoms with E-state index in [1.54, 1.807) is 19.9 Å². The number of carbonyl (C=O) groups excluding carboxylic acids is 1. The number of rotatable bonds is 8. The highest BCUT2D eigenvalue weighted by atomic mass is 79.9. The number of hydrogen-bond acceptors (Lipinski definition) is 3. The van der Waals surface area contributed by atoms with E-state index in [9.17, 15) is 13.2 Å². The molecule has 0 fully saturated rings. The lowest BCUT2D eigenvalue weighted by Gasteiger charge is -2.19. The van der Waals surface area contributed by atoms with Gasteiger partial charge >= 0.3 is 0 Å². The van der Waals surface area contributed by atoms with Crippen LogP contribution in [0.3, 0.4) is 0 Å². The fraction of sp³-hybridized carbons (Fsp3) is 0.286. The number of fused-ring (bicyclic) bond motifs is 1. The number of nitrogens with zero attached hydrogens (tertiary/aromatic N) is 1. The summed E-state index contributed by atoms with van der Waals surface area (Å²) in [5.74, 6) is -0.312. The summed E-state index contributed by atoms with van der Waals surface area (Å²) in [6.45, 7) is 4.78. The molecule has 8 heteroatoms. The highest BCUT2D eigenvalue weighted by molar-refractivity contribution is 9.10. The highest BCUT2D eigenvalue weighted by Crippen LogP contribution is 2.23. The summed E-state index contributed by atoms with van der Waals surface area (Å²) in [6.07, 6.45) is 2.62. The van der Waals surface area contributed by atoms with E-state index >= 15 is 0 Å². The lowest BCUT2D eigenvalue weighted by Crippen LogP contribution is -2.31. The van der Waals surface area contributed by atoms with Crippen LogP contribution in [0.4, 0.5) is 0 Å². The van der Waals surface area contributed by atoms with E-state index < -0.39 is 10.0 Å². The molecular weight excluding hydrogens is 454 g/mol. The number of benzene rings is 2. The molecule has 2 N–H and O–H groups in total. The van der Waals surface area contributed by atoms with Crippen molar-refractivity contribution in [3.63, 3.8) is 0 Å². The molecule has 1 amide bonds. The number of aromatic nitrogens is 1. The first-order valence-electron chi connectivity index (χ1n) is 9.51. The third-order valence-corrected chi connectivity index (χ3v) is 7.62. The van der Waals surface area contributed by atoms with Crippen molar-refractivity contribution in [2.45, 2.75) is 25.2 Å². The van der Waals surface area contributed by atoms with Crippen LogP contribution < -0.4 is 5.32 Å². The molecule has 154 valence electrons. The average Bonchev–Trinajstić information content (AvgIpc) is 3.12.